The number of hydrogen-bond donors (Lipinski definition) is 2. The highest BCUT2D eigenvalue weighted by Crippen LogP contribution is 2.39. The molecule has 2 heterocycles. The minimum atomic E-state index is -0.500. The molecule has 4 rings (SSSR count). The van der Waals surface area contributed by atoms with Gasteiger partial charge in [0.1, 0.15) is 0 Å². The van der Waals surface area contributed by atoms with Gasteiger partial charge in [-0.15, -0.1) is 11.8 Å². The smallest absolute Gasteiger partial charge is 0.220 e. The van der Waals surface area contributed by atoms with E-state index in [9.17, 15) is 9.90 Å². The highest BCUT2D eigenvalue weighted by Gasteiger charge is 2.32. The highest BCUT2D eigenvalue weighted by molar-refractivity contribution is 7.99. The summed E-state index contributed by atoms with van der Waals surface area (Å²) in [6.45, 7) is 2.81. The number of rotatable bonds is 22. The summed E-state index contributed by atoms with van der Waals surface area (Å²) in [4.78, 5) is 16.9. The van der Waals surface area contributed by atoms with Gasteiger partial charge in [-0.05, 0) is 35.2 Å². The van der Waals surface area contributed by atoms with Gasteiger partial charge in [0.2, 0.25) is 5.91 Å². The van der Waals surface area contributed by atoms with E-state index in [0.29, 0.717) is 13.0 Å². The maximum Gasteiger partial charge on any atom is 0.220 e. The Morgan fingerprint density at radius 1 is 0.787 bits per heavy atom. The molecule has 3 aromatic rings. The Balaban J connectivity index is 1.17. The number of amides is 1. The van der Waals surface area contributed by atoms with Crippen LogP contribution in [0.25, 0.3) is 0 Å². The lowest BCUT2D eigenvalue weighted by molar-refractivity contribution is -0.245. The van der Waals surface area contributed by atoms with Crippen molar-refractivity contribution in [1.82, 2.24) is 10.3 Å². The number of carbonyl (C=O) groups excluding carboxylic acids is 1. The molecule has 7 heteroatoms. The quantitative estimate of drug-likeness (QED) is 0.0825. The minimum absolute atomic E-state index is 0.0210. The number of hydrogen-bond acceptors (Lipinski definition) is 6. The van der Waals surface area contributed by atoms with Crippen molar-refractivity contribution in [3.63, 3.8) is 0 Å². The number of aromatic nitrogens is 1. The lowest BCUT2D eigenvalue weighted by Crippen LogP contribution is -2.31. The molecule has 0 spiro atoms. The first-order valence-corrected chi connectivity index (χ1v) is 19.0. The number of pyridine rings is 1. The molecule has 1 aromatic heterocycles. The normalized spacial score (nSPS) is 17.9. The average molecular weight is 661 g/mol. The van der Waals surface area contributed by atoms with E-state index in [0.717, 1.165) is 52.3 Å². The number of carbonyl (C=O) groups is 1. The number of benzene rings is 2. The summed E-state index contributed by atoms with van der Waals surface area (Å²) in [6, 6.07) is 22.1. The van der Waals surface area contributed by atoms with E-state index in [1.165, 1.54) is 70.6 Å². The molecule has 0 aliphatic carbocycles. The van der Waals surface area contributed by atoms with Gasteiger partial charge >= 0.3 is 0 Å². The van der Waals surface area contributed by atoms with Crippen LogP contribution in [0.2, 0.25) is 0 Å². The number of aliphatic hydroxyl groups is 1. The zero-order valence-electron chi connectivity index (χ0n) is 28.4. The van der Waals surface area contributed by atoms with Crippen LogP contribution < -0.4 is 5.32 Å². The van der Waals surface area contributed by atoms with E-state index in [1.807, 2.05) is 72.9 Å². The molecule has 2 aromatic carbocycles. The molecule has 1 amide bonds. The number of aliphatic hydroxyl groups excluding tert-OH is 1. The summed E-state index contributed by atoms with van der Waals surface area (Å²) >= 11 is 1.69. The van der Waals surface area contributed by atoms with Gasteiger partial charge in [-0.2, -0.15) is 0 Å². The van der Waals surface area contributed by atoms with Gasteiger partial charge in [-0.25, -0.2) is 4.98 Å². The van der Waals surface area contributed by atoms with E-state index < -0.39 is 6.29 Å². The van der Waals surface area contributed by atoms with Gasteiger partial charge in [0, 0.05) is 36.9 Å². The van der Waals surface area contributed by atoms with Crippen LogP contribution in [0.5, 0.6) is 0 Å². The summed E-state index contributed by atoms with van der Waals surface area (Å²) in [6.07, 6.45) is 19.5. The Morgan fingerprint density at radius 2 is 1.40 bits per heavy atom. The van der Waals surface area contributed by atoms with Crippen LogP contribution in [0.3, 0.4) is 0 Å². The number of nitrogens with one attached hydrogen (secondary N) is 1. The van der Waals surface area contributed by atoms with Crippen molar-refractivity contribution < 1.29 is 19.4 Å². The summed E-state index contributed by atoms with van der Waals surface area (Å²) in [5.74, 6) is 0.894. The van der Waals surface area contributed by atoms with E-state index >= 15 is 0 Å². The minimum Gasteiger partial charge on any atom is -0.392 e. The molecule has 3 unspecified atom stereocenters. The zero-order valence-corrected chi connectivity index (χ0v) is 29.2. The lowest BCUT2D eigenvalue weighted by Gasteiger charge is -2.36. The number of ether oxygens (including phenoxy) is 2. The third kappa shape index (κ3) is 14.1. The van der Waals surface area contributed by atoms with Crippen molar-refractivity contribution >= 4 is 17.7 Å². The predicted octanol–water partition coefficient (Wildman–Crippen LogP) is 10.0. The van der Waals surface area contributed by atoms with Crippen molar-refractivity contribution in [1.29, 1.82) is 0 Å². The Hall–Kier alpha value is -2.71. The van der Waals surface area contributed by atoms with Crippen molar-refractivity contribution in [2.75, 3.05) is 5.75 Å². The largest absolute Gasteiger partial charge is 0.392 e. The topological polar surface area (TPSA) is 80.7 Å². The van der Waals surface area contributed by atoms with E-state index in [2.05, 4.69) is 17.2 Å². The first-order chi connectivity index (χ1) is 23.1. The van der Waals surface area contributed by atoms with Crippen LogP contribution in [0.15, 0.2) is 78.0 Å². The molecule has 0 radical (unpaired) electrons. The van der Waals surface area contributed by atoms with E-state index in [1.54, 1.807) is 11.8 Å². The molecule has 2 N–H and O–H groups in total. The Labute approximate surface area is 287 Å². The fourth-order valence-electron chi connectivity index (χ4n) is 6.02. The summed E-state index contributed by atoms with van der Waals surface area (Å²) < 4.78 is 12.9. The molecule has 1 fully saturated rings. The fraction of sp³-hybridized carbons (Fsp3) is 0.550. The van der Waals surface area contributed by atoms with Gasteiger partial charge in [-0.3, -0.25) is 4.79 Å². The van der Waals surface area contributed by atoms with Gasteiger partial charge < -0.3 is 19.9 Å². The molecule has 1 saturated heterocycles. The molecular weight excluding hydrogens is 605 g/mol. The average Bonchev–Trinajstić information content (AvgIpc) is 3.12. The third-order valence-electron chi connectivity index (χ3n) is 8.92. The first kappa shape index (κ1) is 37.1. The summed E-state index contributed by atoms with van der Waals surface area (Å²) in [5, 5.41) is 13.5. The molecule has 1 aliphatic heterocycles. The molecule has 0 saturated carbocycles. The van der Waals surface area contributed by atoms with Gasteiger partial charge in [0.05, 0.1) is 23.8 Å². The maximum atomic E-state index is 12.5. The monoisotopic (exact) mass is 660 g/mol. The molecule has 0 bridgehead atoms. The highest BCUT2D eigenvalue weighted by atomic mass is 32.2. The van der Waals surface area contributed by atoms with Crippen LogP contribution >= 0.6 is 11.8 Å². The summed E-state index contributed by atoms with van der Waals surface area (Å²) in [5.41, 5.74) is 3.97. The maximum absolute atomic E-state index is 12.5. The Bertz CT molecular complexity index is 1260. The van der Waals surface area contributed by atoms with Crippen molar-refractivity contribution in [2.24, 2.45) is 0 Å². The second-order valence-corrected chi connectivity index (χ2v) is 13.9. The van der Waals surface area contributed by atoms with Gasteiger partial charge in [0.15, 0.2) is 6.29 Å². The Kier molecular flexibility index (Phi) is 17.4. The molecule has 47 heavy (non-hydrogen) atoms. The standard InChI is InChI=1S/C40H56N2O4S/c1-2-3-4-5-6-7-8-9-10-11-12-13-14-17-38(44)42-29-32-19-25-35(26-20-32)40-45-36(31-47-39-18-15-16-27-41-39)28-37(46-40)34-23-21-33(30-43)22-24-34/h15-16,18-27,36-37,40,43H,2-14,17,28-31H2,1H3,(H,42,44). The van der Waals surface area contributed by atoms with Crippen LogP contribution in [0.1, 0.15) is 138 Å². The van der Waals surface area contributed by atoms with Crippen molar-refractivity contribution in [2.45, 2.75) is 140 Å². The number of thioether (sulfide) groups is 1. The van der Waals surface area contributed by atoms with Crippen LogP contribution in [0.4, 0.5) is 0 Å². The molecule has 1 aliphatic rings. The lowest BCUT2D eigenvalue weighted by atomic mass is 10.0. The van der Waals surface area contributed by atoms with Crippen LogP contribution in [0, 0.1) is 0 Å². The fourth-order valence-corrected chi connectivity index (χ4v) is 6.90. The molecule has 256 valence electrons. The summed E-state index contributed by atoms with van der Waals surface area (Å²) in [7, 11) is 0. The van der Waals surface area contributed by atoms with Crippen molar-refractivity contribution in [3.05, 3.63) is 95.2 Å². The van der Waals surface area contributed by atoms with E-state index in [4.69, 9.17) is 9.47 Å². The van der Waals surface area contributed by atoms with Crippen LogP contribution in [-0.4, -0.2) is 27.9 Å². The predicted molar refractivity (Wildman–Crippen MR) is 192 cm³/mol. The van der Waals surface area contributed by atoms with Crippen molar-refractivity contribution in [3.8, 4) is 0 Å². The molecule has 3 atom stereocenters. The van der Waals surface area contributed by atoms with E-state index in [-0.39, 0.29) is 24.7 Å². The second kappa shape index (κ2) is 22.0. The third-order valence-corrected chi connectivity index (χ3v) is 9.99. The second-order valence-electron chi connectivity index (χ2n) is 12.8. The molecule has 6 nitrogen and oxygen atoms in total. The van der Waals surface area contributed by atoms with Gasteiger partial charge in [-0.1, -0.05) is 139 Å². The van der Waals surface area contributed by atoms with Gasteiger partial charge in [0.25, 0.3) is 0 Å². The zero-order chi connectivity index (χ0) is 32.9. The Morgan fingerprint density at radius 3 is 2.02 bits per heavy atom. The SMILES string of the molecule is CCCCCCCCCCCCCCCC(=O)NCc1ccc(C2OC(CSc3ccccn3)CC(c3ccc(CO)cc3)O2)cc1. The van der Waals surface area contributed by atoms with Crippen LogP contribution in [-0.2, 0) is 27.4 Å². The number of unbranched alkanes of at least 4 members (excludes halogenated alkanes) is 12. The first-order valence-electron chi connectivity index (χ1n) is 18.0. The molecular formula is C40H56N2O4S. The number of nitrogens with zero attached hydrogens (tertiary/aromatic N) is 1.